The van der Waals surface area contributed by atoms with E-state index in [1.54, 1.807) is 12.4 Å². The largest absolute Gasteiger partial charge is 0.475 e. The fourth-order valence-electron chi connectivity index (χ4n) is 3.04. The molecule has 8 nitrogen and oxygen atoms in total. The summed E-state index contributed by atoms with van der Waals surface area (Å²) in [4.78, 5) is 23.0. The van der Waals surface area contributed by atoms with Crippen molar-refractivity contribution in [2.75, 3.05) is 24.6 Å². The summed E-state index contributed by atoms with van der Waals surface area (Å²) in [6.07, 6.45) is 4.41. The van der Waals surface area contributed by atoms with Crippen molar-refractivity contribution in [3.8, 4) is 5.88 Å². The first-order valence-corrected chi connectivity index (χ1v) is 8.48. The Balaban J connectivity index is 1.59. The monoisotopic (exact) mass is 345 g/mol. The molecule has 8 heteroatoms. The van der Waals surface area contributed by atoms with Crippen LogP contribution in [0.15, 0.2) is 16.9 Å². The Hall–Kier alpha value is -2.64. The van der Waals surface area contributed by atoms with Gasteiger partial charge in [-0.2, -0.15) is 0 Å². The lowest BCUT2D eigenvalue weighted by molar-refractivity contribution is -0.121. The summed E-state index contributed by atoms with van der Waals surface area (Å²) >= 11 is 0. The molecule has 1 aliphatic heterocycles. The van der Waals surface area contributed by atoms with Gasteiger partial charge in [-0.3, -0.25) is 4.79 Å². The second kappa shape index (κ2) is 7.50. The molecule has 3 heterocycles. The van der Waals surface area contributed by atoms with Gasteiger partial charge in [-0.1, -0.05) is 5.16 Å². The van der Waals surface area contributed by atoms with Crippen LogP contribution in [-0.2, 0) is 11.2 Å². The molecule has 0 radical (unpaired) electrons. The molecule has 2 aromatic heterocycles. The number of rotatable bonds is 6. The second-order valence-electron chi connectivity index (χ2n) is 6.10. The van der Waals surface area contributed by atoms with E-state index >= 15 is 0 Å². The molecule has 2 aromatic rings. The highest BCUT2D eigenvalue weighted by atomic mass is 16.5. The van der Waals surface area contributed by atoms with E-state index in [1.807, 2.05) is 20.8 Å². The van der Waals surface area contributed by atoms with Gasteiger partial charge >= 0.3 is 0 Å². The molecule has 0 bridgehead atoms. The first kappa shape index (κ1) is 17.2. The van der Waals surface area contributed by atoms with Crippen molar-refractivity contribution in [3.05, 3.63) is 29.4 Å². The molecular weight excluding hydrogens is 322 g/mol. The molecule has 1 N–H and O–H groups in total. The number of ether oxygens (including phenoxy) is 1. The van der Waals surface area contributed by atoms with Gasteiger partial charge in [-0.25, -0.2) is 9.97 Å². The van der Waals surface area contributed by atoms with Gasteiger partial charge in [0, 0.05) is 37.1 Å². The second-order valence-corrected chi connectivity index (χ2v) is 6.10. The molecule has 1 atom stereocenters. The Morgan fingerprint density at radius 2 is 2.20 bits per heavy atom. The quantitative estimate of drug-likeness (QED) is 0.846. The fraction of sp³-hybridized carbons (Fsp3) is 0.529. The van der Waals surface area contributed by atoms with E-state index in [1.165, 1.54) is 0 Å². The normalized spacial score (nSPS) is 16.9. The molecule has 1 aliphatic rings. The molecule has 134 valence electrons. The Morgan fingerprint density at radius 3 is 2.92 bits per heavy atom. The van der Waals surface area contributed by atoms with Gasteiger partial charge in [-0.15, -0.1) is 0 Å². The topological polar surface area (TPSA) is 93.4 Å². The van der Waals surface area contributed by atoms with Crippen molar-refractivity contribution in [1.29, 1.82) is 0 Å². The smallest absolute Gasteiger partial charge is 0.257 e. The van der Waals surface area contributed by atoms with Gasteiger partial charge in [0.25, 0.3) is 5.88 Å². The van der Waals surface area contributed by atoms with Crippen LogP contribution in [0.4, 0.5) is 5.82 Å². The van der Waals surface area contributed by atoms with Crippen molar-refractivity contribution < 1.29 is 14.1 Å². The van der Waals surface area contributed by atoms with E-state index in [2.05, 4.69) is 25.3 Å². The first-order valence-electron chi connectivity index (χ1n) is 8.48. The maximum absolute atomic E-state index is 12.3. The highest BCUT2D eigenvalue weighted by Gasteiger charge is 2.27. The third kappa shape index (κ3) is 3.89. The Morgan fingerprint density at radius 1 is 1.40 bits per heavy atom. The zero-order chi connectivity index (χ0) is 17.8. The molecule has 0 spiro atoms. The van der Waals surface area contributed by atoms with E-state index in [-0.39, 0.29) is 18.4 Å². The number of hydrogen-bond donors (Lipinski definition) is 1. The van der Waals surface area contributed by atoms with Crippen LogP contribution in [0.25, 0.3) is 0 Å². The van der Waals surface area contributed by atoms with Crippen molar-refractivity contribution in [2.45, 2.75) is 39.7 Å². The van der Waals surface area contributed by atoms with Gasteiger partial charge in [0.1, 0.15) is 5.76 Å². The summed E-state index contributed by atoms with van der Waals surface area (Å²) in [6, 6.07) is 0.0736. The van der Waals surface area contributed by atoms with E-state index < -0.39 is 0 Å². The standard InChI is InChI=1S/C17H23N5O3/c1-4-24-17-16(18-6-7-19-17)22-8-5-13(10-22)20-15(23)9-14-11(2)21-25-12(14)3/h6-7,13H,4-5,8-10H2,1-3H3,(H,20,23)/t13-/m1/s1. The summed E-state index contributed by atoms with van der Waals surface area (Å²) < 4.78 is 10.7. The summed E-state index contributed by atoms with van der Waals surface area (Å²) in [5.41, 5.74) is 1.63. The van der Waals surface area contributed by atoms with E-state index in [0.717, 1.165) is 30.0 Å². The number of aryl methyl sites for hydroxylation is 2. The Labute approximate surface area is 146 Å². The van der Waals surface area contributed by atoms with Crippen LogP contribution in [0.5, 0.6) is 5.88 Å². The minimum Gasteiger partial charge on any atom is -0.475 e. The number of nitrogens with one attached hydrogen (secondary N) is 1. The van der Waals surface area contributed by atoms with Crippen LogP contribution in [0.3, 0.4) is 0 Å². The molecule has 1 saturated heterocycles. The van der Waals surface area contributed by atoms with Crippen molar-refractivity contribution >= 4 is 11.7 Å². The van der Waals surface area contributed by atoms with Gasteiger partial charge < -0.3 is 19.5 Å². The van der Waals surface area contributed by atoms with Gasteiger partial charge in [0.15, 0.2) is 5.82 Å². The van der Waals surface area contributed by atoms with Crippen LogP contribution in [0, 0.1) is 13.8 Å². The Bertz CT molecular complexity index is 726. The number of hydrogen-bond acceptors (Lipinski definition) is 7. The molecule has 0 aromatic carbocycles. The minimum absolute atomic E-state index is 0.0228. The summed E-state index contributed by atoms with van der Waals surface area (Å²) in [5.74, 6) is 1.94. The maximum Gasteiger partial charge on any atom is 0.257 e. The molecular formula is C17H23N5O3. The Kier molecular flexibility index (Phi) is 5.16. The molecule has 0 unspecified atom stereocenters. The minimum atomic E-state index is -0.0228. The average molecular weight is 345 g/mol. The predicted octanol–water partition coefficient (Wildman–Crippen LogP) is 1.42. The summed E-state index contributed by atoms with van der Waals surface area (Å²) in [6.45, 7) is 7.61. The predicted molar refractivity (Wildman–Crippen MR) is 91.6 cm³/mol. The van der Waals surface area contributed by atoms with Crippen LogP contribution < -0.4 is 15.0 Å². The number of carbonyl (C=O) groups excluding carboxylic acids is 1. The van der Waals surface area contributed by atoms with Crippen molar-refractivity contribution in [1.82, 2.24) is 20.4 Å². The molecule has 25 heavy (non-hydrogen) atoms. The van der Waals surface area contributed by atoms with E-state index in [0.29, 0.717) is 24.8 Å². The number of anilines is 1. The van der Waals surface area contributed by atoms with Crippen LogP contribution in [0.2, 0.25) is 0 Å². The van der Waals surface area contributed by atoms with Crippen LogP contribution >= 0.6 is 0 Å². The SMILES string of the molecule is CCOc1nccnc1N1CC[C@@H](NC(=O)Cc2c(C)noc2C)C1. The number of nitrogens with zero attached hydrogens (tertiary/aromatic N) is 4. The van der Waals surface area contributed by atoms with E-state index in [9.17, 15) is 4.79 Å². The number of carbonyl (C=O) groups is 1. The van der Waals surface area contributed by atoms with Gasteiger partial charge in [-0.05, 0) is 27.2 Å². The van der Waals surface area contributed by atoms with Crippen LogP contribution in [0.1, 0.15) is 30.4 Å². The zero-order valence-corrected chi connectivity index (χ0v) is 14.8. The van der Waals surface area contributed by atoms with Crippen molar-refractivity contribution in [2.24, 2.45) is 0 Å². The van der Waals surface area contributed by atoms with Crippen LogP contribution in [-0.4, -0.2) is 46.8 Å². The third-order valence-corrected chi connectivity index (χ3v) is 4.30. The van der Waals surface area contributed by atoms with Crippen molar-refractivity contribution in [3.63, 3.8) is 0 Å². The number of aromatic nitrogens is 3. The molecule has 1 fully saturated rings. The number of amides is 1. The third-order valence-electron chi connectivity index (χ3n) is 4.30. The molecule has 1 amide bonds. The lowest BCUT2D eigenvalue weighted by Crippen LogP contribution is -2.38. The molecule has 0 aliphatic carbocycles. The first-order chi connectivity index (χ1) is 12.1. The van der Waals surface area contributed by atoms with Gasteiger partial charge in [0.2, 0.25) is 5.91 Å². The summed E-state index contributed by atoms with van der Waals surface area (Å²) in [5, 5.41) is 6.97. The maximum atomic E-state index is 12.3. The fourth-order valence-corrected chi connectivity index (χ4v) is 3.04. The lowest BCUT2D eigenvalue weighted by atomic mass is 10.1. The molecule has 3 rings (SSSR count). The lowest BCUT2D eigenvalue weighted by Gasteiger charge is -2.19. The highest BCUT2D eigenvalue weighted by Crippen LogP contribution is 2.26. The highest BCUT2D eigenvalue weighted by molar-refractivity contribution is 5.79. The summed E-state index contributed by atoms with van der Waals surface area (Å²) in [7, 11) is 0. The van der Waals surface area contributed by atoms with Gasteiger partial charge in [0.05, 0.1) is 18.7 Å². The zero-order valence-electron chi connectivity index (χ0n) is 14.8. The molecule has 0 saturated carbocycles. The average Bonchev–Trinajstić information content (AvgIpc) is 3.17. The van der Waals surface area contributed by atoms with E-state index in [4.69, 9.17) is 9.26 Å².